The van der Waals surface area contributed by atoms with E-state index < -0.39 is 15.1 Å². The average molecular weight is 184 g/mol. The van der Waals surface area contributed by atoms with Crippen LogP contribution >= 0.6 is 7.82 Å². The van der Waals surface area contributed by atoms with Crippen molar-refractivity contribution in [3.05, 3.63) is 0 Å². The van der Waals surface area contributed by atoms with Gasteiger partial charge in [-0.25, -0.2) is 4.57 Å². The maximum atomic E-state index is 9.59. The summed E-state index contributed by atoms with van der Waals surface area (Å²) >= 11 is 0. The first kappa shape index (κ1) is 13.0. The second-order valence-corrected chi connectivity index (χ2v) is 2.11. The Morgan fingerprint density at radius 3 is 1.67 bits per heavy atom. The molecule has 0 unspecified atom stereocenters. The van der Waals surface area contributed by atoms with E-state index in [1.54, 1.807) is 0 Å². The van der Waals surface area contributed by atoms with Crippen LogP contribution in [-0.2, 0) is 9.01 Å². The van der Waals surface area contributed by atoms with Crippen molar-refractivity contribution in [2.24, 2.45) is 0 Å². The van der Waals surface area contributed by atoms with Gasteiger partial charge in [0.05, 0.1) is 0 Å². The van der Waals surface area contributed by atoms with Crippen molar-refractivity contribution in [2.75, 3.05) is 0 Å². The molecule has 0 saturated heterocycles. The van der Waals surface area contributed by atoms with Crippen molar-refractivity contribution in [1.29, 1.82) is 0 Å². The zero-order valence-corrected chi connectivity index (χ0v) is 4.52. The molecule has 0 radical (unpaired) electrons. The van der Waals surface area contributed by atoms with Gasteiger partial charge in [-0.1, -0.05) is 0 Å². The number of rotatable bonds is 2. The van der Waals surface area contributed by atoms with Gasteiger partial charge in [0, 0.05) is 0 Å². The summed E-state index contributed by atoms with van der Waals surface area (Å²) in [6.45, 7) is 0. The molecule has 9 heavy (non-hydrogen) atoms. The average Bonchev–Trinajstić information content (AvgIpc) is 1.21. The van der Waals surface area contributed by atoms with Gasteiger partial charge >= 0.3 is 52.9 Å². The molecule has 0 saturated carbocycles. The molecule has 0 fully saturated rings. The first-order valence-corrected chi connectivity index (χ1v) is 3.05. The Morgan fingerprint density at radius 2 is 1.67 bits per heavy atom. The predicted molar refractivity (Wildman–Crippen MR) is 31.9 cm³/mol. The molecule has 0 bridgehead atoms. The van der Waals surface area contributed by atoms with E-state index in [1.807, 2.05) is 0 Å². The standard InChI is InChI=1S/BH4O6P.Ca.2H/c2-1(3)7-8(4,5)6;;;/h2-3H,(H2,4,5,6);;;. The van der Waals surface area contributed by atoms with Crippen molar-refractivity contribution in [3.8, 4) is 0 Å². The van der Waals surface area contributed by atoms with Crippen molar-refractivity contribution < 1.29 is 28.8 Å². The van der Waals surface area contributed by atoms with Gasteiger partial charge in [-0.3, -0.25) is 4.44 Å². The number of hydrogen-bond acceptors (Lipinski definition) is 4. The molecule has 0 aliphatic heterocycles. The molecular formula is H6BCaO6P. The van der Waals surface area contributed by atoms with Crippen LogP contribution in [0.1, 0.15) is 0 Å². The topological polar surface area (TPSA) is 107 Å². The molecule has 0 amide bonds. The molecule has 0 spiro atoms. The number of hydrogen-bond donors (Lipinski definition) is 4. The third kappa shape index (κ3) is 12.5. The van der Waals surface area contributed by atoms with Crippen LogP contribution in [0.5, 0.6) is 0 Å². The minimum absolute atomic E-state index is 0. The zero-order chi connectivity index (χ0) is 6.78. The van der Waals surface area contributed by atoms with Crippen LogP contribution < -0.4 is 0 Å². The molecule has 0 atom stereocenters. The van der Waals surface area contributed by atoms with Crippen LogP contribution in [-0.4, -0.2) is 64.9 Å². The third-order valence-electron chi connectivity index (χ3n) is 0.232. The van der Waals surface area contributed by atoms with E-state index in [0.717, 1.165) is 0 Å². The fourth-order valence-corrected chi connectivity index (χ4v) is 0.368. The second-order valence-electron chi connectivity index (χ2n) is 0.922. The molecule has 0 rings (SSSR count). The molecule has 0 heterocycles. The molecule has 0 aliphatic carbocycles. The van der Waals surface area contributed by atoms with E-state index in [4.69, 9.17) is 19.8 Å². The number of phosphoric acid groups is 1. The summed E-state index contributed by atoms with van der Waals surface area (Å²) in [4.78, 5) is 15.5. The van der Waals surface area contributed by atoms with Gasteiger partial charge in [0.2, 0.25) is 0 Å². The van der Waals surface area contributed by atoms with E-state index in [-0.39, 0.29) is 37.7 Å². The van der Waals surface area contributed by atoms with Gasteiger partial charge in [-0.15, -0.1) is 0 Å². The van der Waals surface area contributed by atoms with E-state index in [1.165, 1.54) is 0 Å². The molecule has 0 aromatic rings. The predicted octanol–water partition coefficient (Wildman–Crippen LogP) is -2.85. The molecule has 0 aromatic heterocycles. The van der Waals surface area contributed by atoms with Crippen LogP contribution in [0.25, 0.3) is 0 Å². The molecular weight excluding hydrogens is 178 g/mol. The van der Waals surface area contributed by atoms with Crippen molar-refractivity contribution in [3.63, 3.8) is 0 Å². The monoisotopic (exact) mass is 184 g/mol. The van der Waals surface area contributed by atoms with Gasteiger partial charge in [0.1, 0.15) is 0 Å². The van der Waals surface area contributed by atoms with Crippen molar-refractivity contribution in [2.45, 2.75) is 0 Å². The summed E-state index contributed by atoms with van der Waals surface area (Å²) in [6.07, 6.45) is 0. The summed E-state index contributed by atoms with van der Waals surface area (Å²) in [5.41, 5.74) is 0. The normalized spacial score (nSPS) is 10.2. The first-order valence-electron chi connectivity index (χ1n) is 1.52. The van der Waals surface area contributed by atoms with Gasteiger partial charge in [-0.05, 0) is 0 Å². The summed E-state index contributed by atoms with van der Waals surface area (Å²) in [7, 11) is -7.14. The van der Waals surface area contributed by atoms with Crippen molar-refractivity contribution in [1.82, 2.24) is 0 Å². The molecule has 4 N–H and O–H groups in total. The van der Waals surface area contributed by atoms with Gasteiger partial charge in [0.25, 0.3) is 0 Å². The van der Waals surface area contributed by atoms with Crippen LogP contribution in [0.4, 0.5) is 0 Å². The minimum atomic E-state index is -4.72. The second kappa shape index (κ2) is 5.06. The first-order chi connectivity index (χ1) is 3.42. The Bertz CT molecular complexity index is 106. The summed E-state index contributed by atoms with van der Waals surface area (Å²) < 4.78 is 12.8. The SMILES string of the molecule is O=P(O)(O)OB(O)O.[CaH2]. The Kier molecular flexibility index (Phi) is 7.31. The fraction of sp³-hybridized carbons (Fsp3) is 0. The van der Waals surface area contributed by atoms with E-state index >= 15 is 0 Å². The summed E-state index contributed by atoms with van der Waals surface area (Å²) in [6, 6.07) is 0. The van der Waals surface area contributed by atoms with Crippen LogP contribution in [0, 0.1) is 0 Å². The van der Waals surface area contributed by atoms with Gasteiger partial charge in [0.15, 0.2) is 0 Å². The Hall–Kier alpha value is 1.35. The summed E-state index contributed by atoms with van der Waals surface area (Å²) in [5.74, 6) is 0. The molecule has 9 heteroatoms. The molecule has 6 nitrogen and oxygen atoms in total. The molecule has 52 valence electrons. The van der Waals surface area contributed by atoms with E-state index in [9.17, 15) is 4.57 Å². The summed E-state index contributed by atoms with van der Waals surface area (Å²) in [5, 5.41) is 15.5. The fourth-order valence-electron chi connectivity index (χ4n) is 0.123. The van der Waals surface area contributed by atoms with Crippen molar-refractivity contribution >= 4 is 52.9 Å². The van der Waals surface area contributed by atoms with Crippen LogP contribution in [0.3, 0.4) is 0 Å². The van der Waals surface area contributed by atoms with Crippen LogP contribution in [0.15, 0.2) is 0 Å². The zero-order valence-electron chi connectivity index (χ0n) is 3.63. The Morgan fingerprint density at radius 1 is 1.33 bits per heavy atom. The molecule has 0 aromatic carbocycles. The van der Waals surface area contributed by atoms with Gasteiger partial charge in [-0.2, -0.15) is 0 Å². The maximum absolute atomic E-state index is 9.59. The third-order valence-corrected chi connectivity index (χ3v) is 0.695. The van der Waals surface area contributed by atoms with E-state index in [2.05, 4.69) is 4.44 Å². The van der Waals surface area contributed by atoms with Crippen LogP contribution in [0.2, 0.25) is 0 Å². The van der Waals surface area contributed by atoms with E-state index in [0.29, 0.717) is 0 Å². The Labute approximate surface area is 81.3 Å². The molecule has 0 aliphatic rings. The Balaban J connectivity index is 0. The van der Waals surface area contributed by atoms with Gasteiger partial charge < -0.3 is 19.8 Å². The quantitative estimate of drug-likeness (QED) is 0.271.